The fourth-order valence-corrected chi connectivity index (χ4v) is 16.8. The molecular formula is C72H116N14O17S2. The van der Waals surface area contributed by atoms with Crippen LogP contribution in [0, 0.1) is 29.1 Å². The second kappa shape index (κ2) is 41.0. The van der Waals surface area contributed by atoms with Crippen LogP contribution in [-0.2, 0) is 69.0 Å². The highest BCUT2D eigenvalue weighted by Crippen LogP contribution is 2.34. The monoisotopic (exact) mass is 1510 g/mol. The molecule has 6 aliphatic rings. The van der Waals surface area contributed by atoms with Crippen LogP contribution in [-0.4, -0.2) is 236 Å². The number of carboxylic acids is 1. The van der Waals surface area contributed by atoms with Gasteiger partial charge in [-0.15, -0.1) is 0 Å². The molecule has 11 amide bonds. The van der Waals surface area contributed by atoms with Gasteiger partial charge in [0, 0.05) is 48.9 Å². The lowest BCUT2D eigenvalue weighted by Crippen LogP contribution is -2.62. The number of thioether (sulfide) groups is 2. The number of carbonyl (C=O) groups is 12. The number of hydrogen-bond donors (Lipinski definition) is 18. The highest BCUT2D eigenvalue weighted by Gasteiger charge is 2.45. The number of carbonyl (C=O) groups excluding carboxylic acids is 11. The first-order valence-electron chi connectivity index (χ1n) is 37.4. The van der Waals surface area contributed by atoms with Gasteiger partial charge in [0.1, 0.15) is 54.4 Å². The molecule has 5 fully saturated rings. The zero-order valence-electron chi connectivity index (χ0n) is 61.7. The largest absolute Gasteiger partial charge is 0.481 e. The molecule has 0 spiro atoms. The highest BCUT2D eigenvalue weighted by molar-refractivity contribution is 7.98. The van der Waals surface area contributed by atoms with Crippen LogP contribution in [0.25, 0.3) is 0 Å². The van der Waals surface area contributed by atoms with Crippen LogP contribution in [0.3, 0.4) is 0 Å². The molecule has 105 heavy (non-hydrogen) atoms. The van der Waals surface area contributed by atoms with Gasteiger partial charge in [0.05, 0.1) is 42.7 Å². The third-order valence-electron chi connectivity index (χ3n) is 21.1. The number of nitrogens with one attached hydrogen (secondary N) is 12. The second-order valence-corrected chi connectivity index (χ2v) is 32.9. The molecule has 19 N–H and O–H groups in total. The Morgan fingerprint density at radius 3 is 1.75 bits per heavy atom. The number of amides is 11. The normalized spacial score (nSPS) is 33.2. The van der Waals surface area contributed by atoms with Crippen molar-refractivity contribution in [3.63, 3.8) is 0 Å². The van der Waals surface area contributed by atoms with E-state index in [9.17, 15) is 78.3 Å². The van der Waals surface area contributed by atoms with E-state index >= 15 is 4.79 Å². The maximum atomic E-state index is 15.1. The van der Waals surface area contributed by atoms with Gasteiger partial charge in [0.2, 0.25) is 65.0 Å². The summed E-state index contributed by atoms with van der Waals surface area (Å²) in [7, 11) is 0. The number of primary amides is 1. The van der Waals surface area contributed by atoms with E-state index in [0.717, 1.165) is 30.5 Å². The van der Waals surface area contributed by atoms with Crippen LogP contribution < -0.4 is 69.5 Å². The zero-order valence-corrected chi connectivity index (χ0v) is 63.4. The van der Waals surface area contributed by atoms with Crippen molar-refractivity contribution in [3.05, 3.63) is 35.4 Å². The number of piperidine rings is 1. The Kier molecular flexibility index (Phi) is 33.4. The number of aliphatic hydroxyl groups is 4. The predicted octanol–water partition coefficient (Wildman–Crippen LogP) is -1.12. The number of aliphatic carboxylic acids is 1. The molecule has 2 saturated carbocycles. The molecule has 2 aliphatic carbocycles. The summed E-state index contributed by atoms with van der Waals surface area (Å²) in [5.74, 6) is -8.66. The van der Waals surface area contributed by atoms with Crippen molar-refractivity contribution in [2.45, 2.75) is 273 Å². The summed E-state index contributed by atoms with van der Waals surface area (Å²) in [5.41, 5.74) is 6.90. The summed E-state index contributed by atoms with van der Waals surface area (Å²) in [4.78, 5) is 171. The van der Waals surface area contributed by atoms with Crippen molar-refractivity contribution < 1.29 is 83.1 Å². The number of carboxylic acid groups (broad SMARTS) is 1. The zero-order chi connectivity index (χ0) is 76.8. The van der Waals surface area contributed by atoms with Gasteiger partial charge in [-0.25, -0.2) is 0 Å². The standard InChI is InChI=1S/C72H116N14O17S2/c1-38-63(95)79-50(23-24-58(92)93)65(97)80-51(30-42-15-19-47(89)20-16-42)66(98)77-39(2)64(96)83-54(40(3)87)34-75-55(61(73)94)37-105-36-45-12-8-11-44(29-45)35-104-28-25-57(91)84-60(72(5,6)7)70(102)82-53(31-43-17-21-48(90)22-18-43)71(103)86-27-10-14-56(86)68(100)85-59(41(4)88)69(101)81-52(67(99)78-38)32-46-33-76-62-49(46)13-9-26-74-62/h8,11-12,29,38-43,46-56,59-60,62,74-76,87-90H,9-10,13-28,30-37H2,1-7H3,(H2,73,94)(H,77,98)(H,78,99)(H,79,95)(H,80,97)(H,81,101)(H,82,102)(H,83,96)(H,84,91)(H,85,100)(H,92,93)/t38-,39-,40+,41+,42?,43?,46?,47?,48?,49?,50-,51-,52-,53-,54?,55-,56-,59-,60+,62?/m0/s1. The number of nitrogens with zero attached hydrogens (tertiary/aromatic N) is 1. The van der Waals surface area contributed by atoms with E-state index in [2.05, 4.69) is 63.8 Å². The highest BCUT2D eigenvalue weighted by atomic mass is 32.2. The number of benzene rings is 1. The van der Waals surface area contributed by atoms with Gasteiger partial charge in [-0.2, -0.15) is 23.5 Å². The van der Waals surface area contributed by atoms with Gasteiger partial charge in [0.25, 0.3) is 0 Å². The molecule has 4 heterocycles. The molecule has 16 atom stereocenters. The Morgan fingerprint density at radius 1 is 0.600 bits per heavy atom. The summed E-state index contributed by atoms with van der Waals surface area (Å²) in [6.45, 7) is 11.9. The fraction of sp³-hybridized carbons (Fsp3) is 0.750. The van der Waals surface area contributed by atoms with Crippen molar-refractivity contribution in [3.8, 4) is 0 Å². The van der Waals surface area contributed by atoms with E-state index in [0.29, 0.717) is 81.6 Å². The maximum Gasteiger partial charge on any atom is 0.303 e. The average molecular weight is 1510 g/mol. The fourth-order valence-electron chi connectivity index (χ4n) is 14.8. The minimum atomic E-state index is -1.71. The van der Waals surface area contributed by atoms with Crippen molar-refractivity contribution in [2.75, 3.05) is 37.7 Å². The Morgan fingerprint density at radius 2 is 1.16 bits per heavy atom. The van der Waals surface area contributed by atoms with E-state index in [1.165, 1.54) is 56.1 Å². The van der Waals surface area contributed by atoms with E-state index in [4.69, 9.17) is 5.73 Å². The third kappa shape index (κ3) is 26.6. The first-order valence-corrected chi connectivity index (χ1v) is 39.8. The molecule has 4 aliphatic heterocycles. The molecule has 1 aromatic rings. The second-order valence-electron chi connectivity index (χ2n) is 30.7. The van der Waals surface area contributed by atoms with Gasteiger partial charge in [-0.1, -0.05) is 45.0 Å². The lowest BCUT2D eigenvalue weighted by molar-refractivity contribution is -0.144. The lowest BCUT2D eigenvalue weighted by Gasteiger charge is -2.35. The summed E-state index contributed by atoms with van der Waals surface area (Å²) in [6.07, 6.45) is 1.11. The number of rotatable bonds is 12. The van der Waals surface area contributed by atoms with Crippen LogP contribution in [0.5, 0.6) is 0 Å². The Balaban J connectivity index is 1.17. The molecule has 4 unspecified atom stereocenters. The molecule has 33 heteroatoms. The van der Waals surface area contributed by atoms with Crippen molar-refractivity contribution in [1.29, 1.82) is 0 Å². The molecule has 0 aromatic heterocycles. The molecule has 2 bridgehead atoms. The van der Waals surface area contributed by atoms with Crippen LogP contribution in [0.2, 0.25) is 0 Å². The van der Waals surface area contributed by atoms with Crippen molar-refractivity contribution >= 4 is 94.5 Å². The predicted molar refractivity (Wildman–Crippen MR) is 393 cm³/mol. The van der Waals surface area contributed by atoms with E-state index < -0.39 is 180 Å². The van der Waals surface area contributed by atoms with Gasteiger partial charge in [0.15, 0.2) is 0 Å². The molecule has 31 nitrogen and oxygen atoms in total. The molecule has 3 saturated heterocycles. The summed E-state index contributed by atoms with van der Waals surface area (Å²) < 4.78 is 0. The van der Waals surface area contributed by atoms with E-state index in [1.807, 2.05) is 24.3 Å². The molecular weight excluding hydrogens is 1400 g/mol. The molecule has 7 rings (SSSR count). The van der Waals surface area contributed by atoms with Gasteiger partial charge >= 0.3 is 5.97 Å². The van der Waals surface area contributed by atoms with Gasteiger partial charge in [-0.05, 0) is 184 Å². The molecule has 0 radical (unpaired) electrons. The Bertz CT molecular complexity index is 3150. The van der Waals surface area contributed by atoms with Crippen LogP contribution in [0.4, 0.5) is 0 Å². The van der Waals surface area contributed by atoms with Crippen molar-refractivity contribution in [1.82, 2.24) is 68.7 Å². The molecule has 1 aromatic carbocycles. The van der Waals surface area contributed by atoms with Crippen LogP contribution in [0.15, 0.2) is 24.3 Å². The maximum absolute atomic E-state index is 15.1. The minimum absolute atomic E-state index is 0.00949. The summed E-state index contributed by atoms with van der Waals surface area (Å²) in [5, 5.41) is 87.2. The average Bonchev–Trinajstić information content (AvgIpc) is 1.80. The molecule has 588 valence electrons. The number of fused-ring (bicyclic) bond motifs is 4. The first kappa shape index (κ1) is 85.5. The SMILES string of the molecule is C[C@@H]1NC(=O)[C@H](CC2CCC(O)CC2)NC(=O)[C@H](CCC(=O)O)NC(=O)[C@H](C)NC(=O)[C@H](CC2CNC3NCCCC23)NC(=O)[C@H]([C@@H](C)O)NC(=O)[C@@H]2CCCN2C(=O)[C@H](CC2CCC(O)CC2)NC(=O)[C@H](C(C)(C)C)NC(=O)CCSCc2cccc(c2)CSC[C@@H](C(N)=O)NCC([C@@H](C)O)NC1=O. The summed E-state index contributed by atoms with van der Waals surface area (Å²) >= 11 is 2.92. The Hall–Kier alpha value is -6.72. The minimum Gasteiger partial charge on any atom is -0.481 e. The summed E-state index contributed by atoms with van der Waals surface area (Å²) in [6, 6.07) is -6.50. The van der Waals surface area contributed by atoms with Crippen molar-refractivity contribution in [2.24, 2.45) is 34.8 Å². The van der Waals surface area contributed by atoms with Crippen LogP contribution in [0.1, 0.15) is 175 Å². The number of hydrogen-bond acceptors (Lipinski definition) is 21. The number of aliphatic hydroxyl groups excluding tert-OH is 4. The number of nitrogens with two attached hydrogens (primary N) is 1. The first-order chi connectivity index (χ1) is 49.7. The van der Waals surface area contributed by atoms with E-state index in [-0.39, 0.29) is 80.8 Å². The van der Waals surface area contributed by atoms with Gasteiger partial charge < -0.3 is 100.0 Å². The smallest absolute Gasteiger partial charge is 0.303 e. The lowest BCUT2D eigenvalue weighted by atomic mass is 9.82. The quantitative estimate of drug-likeness (QED) is 0.118. The Labute approximate surface area is 623 Å². The van der Waals surface area contributed by atoms with Gasteiger partial charge in [-0.3, -0.25) is 57.5 Å². The van der Waals surface area contributed by atoms with E-state index in [1.54, 1.807) is 20.8 Å². The van der Waals surface area contributed by atoms with Crippen LogP contribution >= 0.6 is 23.5 Å². The third-order valence-corrected chi connectivity index (χ3v) is 23.3. The topological polar surface area (TPSA) is 480 Å².